The normalized spacial score (nSPS) is 17.8. The quantitative estimate of drug-likeness (QED) is 0.853. The Balaban J connectivity index is 2.17. The van der Waals surface area contributed by atoms with Crippen molar-refractivity contribution in [2.75, 3.05) is 17.7 Å². The summed E-state index contributed by atoms with van der Waals surface area (Å²) in [6, 6.07) is 0.572. The van der Waals surface area contributed by atoms with Crippen LogP contribution in [0, 0.1) is 0 Å². The molecule has 0 unspecified atom stereocenters. The molecule has 17 heavy (non-hydrogen) atoms. The van der Waals surface area contributed by atoms with Crippen LogP contribution in [0.3, 0.4) is 0 Å². The SMILES string of the molecule is CN(c1ncnc(N)c1Br)C1CCCCCC1. The van der Waals surface area contributed by atoms with Crippen LogP contribution in [0.2, 0.25) is 0 Å². The molecule has 5 heteroatoms. The van der Waals surface area contributed by atoms with Crippen LogP contribution in [0.5, 0.6) is 0 Å². The van der Waals surface area contributed by atoms with Crippen molar-refractivity contribution in [1.82, 2.24) is 9.97 Å². The third-order valence-electron chi connectivity index (χ3n) is 3.50. The van der Waals surface area contributed by atoms with Crippen LogP contribution in [-0.2, 0) is 0 Å². The molecule has 1 heterocycles. The van der Waals surface area contributed by atoms with Crippen LogP contribution in [0.25, 0.3) is 0 Å². The second kappa shape index (κ2) is 5.67. The predicted molar refractivity (Wildman–Crippen MR) is 74.0 cm³/mol. The number of nitrogens with zero attached hydrogens (tertiary/aromatic N) is 3. The molecule has 1 saturated carbocycles. The van der Waals surface area contributed by atoms with Gasteiger partial charge < -0.3 is 10.6 Å². The summed E-state index contributed by atoms with van der Waals surface area (Å²) in [5, 5.41) is 0. The molecule has 0 saturated heterocycles. The largest absolute Gasteiger partial charge is 0.383 e. The van der Waals surface area contributed by atoms with Crippen molar-refractivity contribution in [3.63, 3.8) is 0 Å². The first kappa shape index (κ1) is 12.6. The fourth-order valence-corrected chi connectivity index (χ4v) is 2.92. The van der Waals surface area contributed by atoms with E-state index in [0.717, 1.165) is 10.3 Å². The van der Waals surface area contributed by atoms with Gasteiger partial charge >= 0.3 is 0 Å². The molecule has 2 N–H and O–H groups in total. The Hall–Kier alpha value is -0.840. The highest BCUT2D eigenvalue weighted by Crippen LogP contribution is 2.31. The highest BCUT2D eigenvalue weighted by Gasteiger charge is 2.20. The molecule has 0 aliphatic heterocycles. The molecule has 1 aliphatic rings. The topological polar surface area (TPSA) is 55.0 Å². The third-order valence-corrected chi connectivity index (χ3v) is 4.27. The highest BCUT2D eigenvalue weighted by molar-refractivity contribution is 9.10. The van der Waals surface area contributed by atoms with Crippen LogP contribution in [0.4, 0.5) is 11.6 Å². The maximum absolute atomic E-state index is 5.79. The van der Waals surface area contributed by atoms with E-state index in [4.69, 9.17) is 5.73 Å². The lowest BCUT2D eigenvalue weighted by Gasteiger charge is -2.29. The molecular weight excluding hydrogens is 280 g/mol. The van der Waals surface area contributed by atoms with Crippen LogP contribution < -0.4 is 10.6 Å². The van der Waals surface area contributed by atoms with Gasteiger partial charge in [-0.1, -0.05) is 25.7 Å². The molecule has 0 atom stereocenters. The molecule has 94 valence electrons. The Bertz CT molecular complexity index is 375. The first-order valence-electron chi connectivity index (χ1n) is 6.19. The van der Waals surface area contributed by atoms with Crippen molar-refractivity contribution < 1.29 is 0 Å². The Morgan fingerprint density at radius 1 is 1.24 bits per heavy atom. The van der Waals surface area contributed by atoms with E-state index in [9.17, 15) is 0 Å². The summed E-state index contributed by atoms with van der Waals surface area (Å²) < 4.78 is 0.812. The number of rotatable bonds is 2. The van der Waals surface area contributed by atoms with Crippen LogP contribution >= 0.6 is 15.9 Å². The summed E-state index contributed by atoms with van der Waals surface area (Å²) in [5.41, 5.74) is 5.79. The highest BCUT2D eigenvalue weighted by atomic mass is 79.9. The second-order valence-corrected chi connectivity index (χ2v) is 5.45. The number of hydrogen-bond acceptors (Lipinski definition) is 4. The Morgan fingerprint density at radius 2 is 1.88 bits per heavy atom. The Morgan fingerprint density at radius 3 is 2.53 bits per heavy atom. The first-order valence-corrected chi connectivity index (χ1v) is 6.98. The number of halogens is 1. The number of aromatic nitrogens is 2. The van der Waals surface area contributed by atoms with Gasteiger partial charge in [0.05, 0.1) is 0 Å². The molecule has 0 aromatic carbocycles. The number of hydrogen-bond donors (Lipinski definition) is 1. The summed E-state index contributed by atoms with van der Waals surface area (Å²) in [6.07, 6.45) is 9.36. The van der Waals surface area contributed by atoms with Gasteiger partial charge in [-0.25, -0.2) is 9.97 Å². The maximum atomic E-state index is 5.79. The molecule has 0 radical (unpaired) electrons. The first-order chi connectivity index (χ1) is 8.20. The van der Waals surface area contributed by atoms with Crippen molar-refractivity contribution in [3.8, 4) is 0 Å². The van der Waals surface area contributed by atoms with E-state index in [-0.39, 0.29) is 0 Å². The van der Waals surface area contributed by atoms with Crippen molar-refractivity contribution in [3.05, 3.63) is 10.8 Å². The summed E-state index contributed by atoms with van der Waals surface area (Å²) in [6.45, 7) is 0. The number of anilines is 2. The lowest BCUT2D eigenvalue weighted by Crippen LogP contribution is -2.32. The van der Waals surface area contributed by atoms with Gasteiger partial charge in [0, 0.05) is 13.1 Å². The molecule has 0 spiro atoms. The fraction of sp³-hybridized carbons (Fsp3) is 0.667. The van der Waals surface area contributed by atoms with Crippen LogP contribution in [-0.4, -0.2) is 23.1 Å². The van der Waals surface area contributed by atoms with Crippen molar-refractivity contribution in [2.24, 2.45) is 0 Å². The minimum atomic E-state index is 0.510. The van der Waals surface area contributed by atoms with E-state index in [1.807, 2.05) is 0 Å². The van der Waals surface area contributed by atoms with Gasteiger partial charge in [0.15, 0.2) is 0 Å². The molecule has 1 aliphatic carbocycles. The van der Waals surface area contributed by atoms with Gasteiger partial charge in [0.25, 0.3) is 0 Å². The van der Waals surface area contributed by atoms with Gasteiger partial charge in [0.1, 0.15) is 22.4 Å². The van der Waals surface area contributed by atoms with Gasteiger partial charge in [-0.2, -0.15) is 0 Å². The third kappa shape index (κ3) is 2.89. The van der Waals surface area contributed by atoms with E-state index in [2.05, 4.69) is 37.8 Å². The zero-order valence-electron chi connectivity index (χ0n) is 10.2. The summed E-state index contributed by atoms with van der Waals surface area (Å²) >= 11 is 3.48. The van der Waals surface area contributed by atoms with Gasteiger partial charge in [-0.05, 0) is 28.8 Å². The number of nitrogens with two attached hydrogens (primary N) is 1. The molecule has 1 aromatic heterocycles. The molecule has 1 aromatic rings. The van der Waals surface area contributed by atoms with Crippen molar-refractivity contribution >= 4 is 27.6 Å². The molecular formula is C12H19BrN4. The minimum absolute atomic E-state index is 0.510. The molecule has 4 nitrogen and oxygen atoms in total. The van der Waals surface area contributed by atoms with Crippen LogP contribution in [0.15, 0.2) is 10.8 Å². The van der Waals surface area contributed by atoms with E-state index >= 15 is 0 Å². The van der Waals surface area contributed by atoms with Gasteiger partial charge in [-0.15, -0.1) is 0 Å². The zero-order chi connectivity index (χ0) is 12.3. The fourth-order valence-electron chi connectivity index (χ4n) is 2.44. The van der Waals surface area contributed by atoms with E-state index < -0.39 is 0 Å². The summed E-state index contributed by atoms with van der Waals surface area (Å²) in [4.78, 5) is 10.6. The van der Waals surface area contributed by atoms with E-state index in [1.165, 1.54) is 44.9 Å². The Labute approximate surface area is 111 Å². The van der Waals surface area contributed by atoms with Crippen molar-refractivity contribution in [1.29, 1.82) is 0 Å². The van der Waals surface area contributed by atoms with Crippen molar-refractivity contribution in [2.45, 2.75) is 44.6 Å². The van der Waals surface area contributed by atoms with E-state index in [0.29, 0.717) is 11.9 Å². The molecule has 1 fully saturated rings. The summed E-state index contributed by atoms with van der Waals surface area (Å²) in [7, 11) is 2.10. The molecule has 0 amide bonds. The Kier molecular flexibility index (Phi) is 4.20. The minimum Gasteiger partial charge on any atom is -0.383 e. The van der Waals surface area contributed by atoms with Crippen LogP contribution in [0.1, 0.15) is 38.5 Å². The average Bonchev–Trinajstić information content (AvgIpc) is 2.60. The standard InChI is InChI=1S/C12H19BrN4/c1-17(9-6-4-2-3-5-7-9)12-10(13)11(14)15-8-16-12/h8-9H,2-7H2,1H3,(H2,14,15,16). The molecule has 0 bridgehead atoms. The van der Waals surface area contributed by atoms with Gasteiger partial charge in [-0.3, -0.25) is 0 Å². The smallest absolute Gasteiger partial charge is 0.148 e. The summed E-state index contributed by atoms with van der Waals surface area (Å²) in [5.74, 6) is 1.42. The van der Waals surface area contributed by atoms with E-state index in [1.54, 1.807) is 0 Å². The number of nitrogen functional groups attached to an aromatic ring is 1. The lowest BCUT2D eigenvalue weighted by atomic mass is 10.1. The lowest BCUT2D eigenvalue weighted by molar-refractivity contribution is 0.548. The zero-order valence-corrected chi connectivity index (χ0v) is 11.8. The second-order valence-electron chi connectivity index (χ2n) is 4.65. The molecule has 2 rings (SSSR count). The predicted octanol–water partition coefficient (Wildman–Crippen LogP) is 2.98. The average molecular weight is 299 g/mol. The van der Waals surface area contributed by atoms with Gasteiger partial charge in [0.2, 0.25) is 0 Å². The maximum Gasteiger partial charge on any atom is 0.148 e. The monoisotopic (exact) mass is 298 g/mol.